The minimum absolute atomic E-state index is 0.0433. The van der Waals surface area contributed by atoms with E-state index in [1.165, 1.54) is 6.20 Å². The second-order valence-electron chi connectivity index (χ2n) is 6.46. The highest BCUT2D eigenvalue weighted by molar-refractivity contribution is 5.94. The Balaban J connectivity index is 2.74. The monoisotopic (exact) mass is 294 g/mol. The summed E-state index contributed by atoms with van der Waals surface area (Å²) in [6.07, 6.45) is 2.08. The average molecular weight is 294 g/mol. The summed E-state index contributed by atoms with van der Waals surface area (Å²) in [6.45, 7) is 9.99. The average Bonchev–Trinajstić information content (AvgIpc) is 2.37. The van der Waals surface area contributed by atoms with Crippen LogP contribution in [0.2, 0.25) is 0 Å². The maximum absolute atomic E-state index is 12.2. The number of amides is 1. The number of aliphatic hydroxyl groups excluding tert-OH is 1. The van der Waals surface area contributed by atoms with Crippen LogP contribution >= 0.6 is 0 Å². The fourth-order valence-electron chi connectivity index (χ4n) is 1.92. The van der Waals surface area contributed by atoms with Gasteiger partial charge in [0.1, 0.15) is 0 Å². The molecule has 1 atom stereocenters. The van der Waals surface area contributed by atoms with E-state index in [1.807, 2.05) is 34.6 Å². The molecular weight excluding hydrogens is 268 g/mol. The molecule has 1 rings (SSSR count). The second-order valence-corrected chi connectivity index (χ2v) is 6.46. The van der Waals surface area contributed by atoms with Crippen LogP contribution in [-0.2, 0) is 0 Å². The van der Waals surface area contributed by atoms with Crippen molar-refractivity contribution >= 4 is 5.91 Å². The van der Waals surface area contributed by atoms with Crippen LogP contribution in [0.3, 0.4) is 0 Å². The van der Waals surface area contributed by atoms with Crippen LogP contribution in [0.15, 0.2) is 18.3 Å². The molecule has 5 heteroatoms. The fourth-order valence-corrected chi connectivity index (χ4v) is 1.92. The minimum atomic E-state index is -0.188. The number of aromatic nitrogens is 1. The van der Waals surface area contributed by atoms with Gasteiger partial charge in [0.15, 0.2) is 0 Å². The van der Waals surface area contributed by atoms with Crippen LogP contribution in [0.1, 0.15) is 51.4 Å². The van der Waals surface area contributed by atoms with Crippen molar-refractivity contribution in [1.82, 2.24) is 10.3 Å². The molecular formula is C16H26N2O3. The topological polar surface area (TPSA) is 71.5 Å². The molecule has 118 valence electrons. The van der Waals surface area contributed by atoms with Crippen molar-refractivity contribution in [3.8, 4) is 5.88 Å². The molecule has 0 aliphatic heterocycles. The van der Waals surface area contributed by atoms with Gasteiger partial charge in [0, 0.05) is 24.9 Å². The molecule has 0 radical (unpaired) electrons. The lowest BCUT2D eigenvalue weighted by atomic mass is 9.85. The third-order valence-corrected chi connectivity index (χ3v) is 3.12. The van der Waals surface area contributed by atoms with Crippen LogP contribution in [0.25, 0.3) is 0 Å². The molecule has 0 bridgehead atoms. The largest absolute Gasteiger partial charge is 0.475 e. The predicted octanol–water partition coefficient (Wildman–Crippen LogP) is 2.40. The van der Waals surface area contributed by atoms with Gasteiger partial charge in [-0.1, -0.05) is 20.8 Å². The van der Waals surface area contributed by atoms with Crippen LogP contribution in [0, 0.1) is 5.41 Å². The quantitative estimate of drug-likeness (QED) is 0.845. The highest BCUT2D eigenvalue weighted by Crippen LogP contribution is 2.22. The predicted molar refractivity (Wildman–Crippen MR) is 82.4 cm³/mol. The number of nitrogens with zero attached hydrogens (tertiary/aromatic N) is 1. The van der Waals surface area contributed by atoms with Gasteiger partial charge in [-0.3, -0.25) is 4.79 Å². The lowest BCUT2D eigenvalue weighted by molar-refractivity contribution is 0.0884. The summed E-state index contributed by atoms with van der Waals surface area (Å²) in [5.41, 5.74) is 0.366. The van der Waals surface area contributed by atoms with Crippen molar-refractivity contribution in [2.45, 2.75) is 53.2 Å². The van der Waals surface area contributed by atoms with Crippen molar-refractivity contribution in [2.24, 2.45) is 5.41 Å². The Hall–Kier alpha value is -1.62. The first-order valence-electron chi connectivity index (χ1n) is 7.28. The van der Waals surface area contributed by atoms with Gasteiger partial charge in [0.25, 0.3) is 5.91 Å². The number of carbonyl (C=O) groups is 1. The summed E-state index contributed by atoms with van der Waals surface area (Å²) in [5, 5.41) is 12.1. The molecule has 1 aromatic heterocycles. The molecule has 0 aromatic carbocycles. The molecule has 0 saturated heterocycles. The Labute approximate surface area is 126 Å². The molecule has 0 aliphatic carbocycles. The standard InChI is InChI=1S/C16H26N2O3/c1-11(2)21-14-7-6-12(10-17-14)15(20)18-13(8-9-19)16(3,4)5/h6-7,10-11,13,19H,8-9H2,1-5H3,(H,18,20). The number of carbonyl (C=O) groups excluding carboxylic acids is 1. The Bertz CT molecular complexity index is 450. The number of nitrogens with one attached hydrogen (secondary N) is 1. The van der Waals surface area contributed by atoms with E-state index in [-0.39, 0.29) is 30.1 Å². The second kappa shape index (κ2) is 7.41. The van der Waals surface area contributed by atoms with E-state index < -0.39 is 0 Å². The summed E-state index contributed by atoms with van der Waals surface area (Å²) in [5.74, 6) is 0.316. The number of hydrogen-bond acceptors (Lipinski definition) is 4. The van der Waals surface area contributed by atoms with Gasteiger partial charge in [-0.2, -0.15) is 0 Å². The van der Waals surface area contributed by atoms with E-state index in [4.69, 9.17) is 9.84 Å². The van der Waals surface area contributed by atoms with E-state index in [2.05, 4.69) is 10.3 Å². The summed E-state index contributed by atoms with van der Waals surface area (Å²) < 4.78 is 5.45. The van der Waals surface area contributed by atoms with Crippen LogP contribution in [-0.4, -0.2) is 34.8 Å². The van der Waals surface area contributed by atoms with Crippen molar-refractivity contribution in [1.29, 1.82) is 0 Å². The van der Waals surface area contributed by atoms with Gasteiger partial charge in [-0.15, -0.1) is 0 Å². The Kier molecular flexibility index (Phi) is 6.15. The minimum Gasteiger partial charge on any atom is -0.475 e. The van der Waals surface area contributed by atoms with Crippen molar-refractivity contribution in [3.63, 3.8) is 0 Å². The molecule has 0 saturated carbocycles. The first-order chi connectivity index (χ1) is 9.74. The van der Waals surface area contributed by atoms with E-state index >= 15 is 0 Å². The first kappa shape index (κ1) is 17.4. The number of pyridine rings is 1. The zero-order valence-corrected chi connectivity index (χ0v) is 13.5. The van der Waals surface area contributed by atoms with Gasteiger partial charge >= 0.3 is 0 Å². The fraction of sp³-hybridized carbons (Fsp3) is 0.625. The molecule has 0 spiro atoms. The summed E-state index contributed by atoms with van der Waals surface area (Å²) >= 11 is 0. The van der Waals surface area contributed by atoms with E-state index in [9.17, 15) is 4.79 Å². The van der Waals surface area contributed by atoms with E-state index in [0.29, 0.717) is 17.9 Å². The zero-order chi connectivity index (χ0) is 16.0. The van der Waals surface area contributed by atoms with Crippen molar-refractivity contribution in [2.75, 3.05) is 6.61 Å². The van der Waals surface area contributed by atoms with E-state index in [1.54, 1.807) is 12.1 Å². The van der Waals surface area contributed by atoms with Gasteiger partial charge < -0.3 is 15.2 Å². The summed E-state index contributed by atoms with van der Waals surface area (Å²) in [4.78, 5) is 16.4. The molecule has 21 heavy (non-hydrogen) atoms. The van der Waals surface area contributed by atoms with Crippen LogP contribution in [0.5, 0.6) is 5.88 Å². The van der Waals surface area contributed by atoms with Crippen LogP contribution < -0.4 is 10.1 Å². The highest BCUT2D eigenvalue weighted by Gasteiger charge is 2.26. The number of hydrogen-bond donors (Lipinski definition) is 2. The van der Waals surface area contributed by atoms with Gasteiger partial charge in [-0.05, 0) is 31.7 Å². The Morgan fingerprint density at radius 1 is 1.38 bits per heavy atom. The number of aliphatic hydroxyl groups is 1. The third kappa shape index (κ3) is 5.71. The number of rotatable bonds is 6. The molecule has 0 fully saturated rings. The van der Waals surface area contributed by atoms with Crippen molar-refractivity contribution < 1.29 is 14.6 Å². The lowest BCUT2D eigenvalue weighted by Gasteiger charge is -2.31. The molecule has 1 aromatic rings. The SMILES string of the molecule is CC(C)Oc1ccc(C(=O)NC(CCO)C(C)(C)C)cn1. The molecule has 2 N–H and O–H groups in total. The zero-order valence-electron chi connectivity index (χ0n) is 13.5. The van der Waals surface area contributed by atoms with Gasteiger partial charge in [-0.25, -0.2) is 4.98 Å². The Morgan fingerprint density at radius 2 is 2.05 bits per heavy atom. The third-order valence-electron chi connectivity index (χ3n) is 3.12. The maximum atomic E-state index is 12.2. The smallest absolute Gasteiger partial charge is 0.253 e. The molecule has 1 amide bonds. The lowest BCUT2D eigenvalue weighted by Crippen LogP contribution is -2.44. The molecule has 1 heterocycles. The van der Waals surface area contributed by atoms with Crippen LogP contribution in [0.4, 0.5) is 0 Å². The van der Waals surface area contributed by atoms with E-state index in [0.717, 1.165) is 0 Å². The van der Waals surface area contributed by atoms with Gasteiger partial charge in [0.05, 0.1) is 11.7 Å². The van der Waals surface area contributed by atoms with Crippen molar-refractivity contribution in [3.05, 3.63) is 23.9 Å². The molecule has 0 aliphatic rings. The maximum Gasteiger partial charge on any atom is 0.253 e. The Morgan fingerprint density at radius 3 is 2.48 bits per heavy atom. The molecule has 5 nitrogen and oxygen atoms in total. The van der Waals surface area contributed by atoms with Gasteiger partial charge in [0.2, 0.25) is 5.88 Å². The number of ether oxygens (including phenoxy) is 1. The highest BCUT2D eigenvalue weighted by atomic mass is 16.5. The first-order valence-corrected chi connectivity index (χ1v) is 7.28. The summed E-state index contributed by atoms with van der Waals surface area (Å²) in [7, 11) is 0. The molecule has 1 unspecified atom stereocenters. The summed E-state index contributed by atoms with van der Waals surface area (Å²) in [6, 6.07) is 3.28. The normalized spacial score (nSPS) is 13.1.